The third kappa shape index (κ3) is 3.69. The Balaban J connectivity index is 1.82. The van der Waals surface area contributed by atoms with Gasteiger partial charge in [-0.05, 0) is 17.7 Å². The van der Waals surface area contributed by atoms with E-state index in [9.17, 15) is 9.59 Å². The maximum atomic E-state index is 11.8. The smallest absolute Gasteiger partial charge is 0.317 e. The van der Waals surface area contributed by atoms with Crippen molar-refractivity contribution in [2.75, 3.05) is 25.0 Å². The first-order valence-corrected chi connectivity index (χ1v) is 6.30. The van der Waals surface area contributed by atoms with Crippen LogP contribution >= 0.6 is 0 Å². The van der Waals surface area contributed by atoms with Gasteiger partial charge in [-0.2, -0.15) is 0 Å². The molecule has 2 rings (SSSR count). The number of hydrogen-bond donors (Lipinski definition) is 3. The van der Waals surface area contributed by atoms with E-state index in [-0.39, 0.29) is 11.9 Å². The van der Waals surface area contributed by atoms with E-state index in [1.165, 1.54) is 0 Å². The number of nitrogens with one attached hydrogen (secondary N) is 2. The normalized spacial score (nSPS) is 14.4. The summed E-state index contributed by atoms with van der Waals surface area (Å²) in [6, 6.07) is 7.33. The zero-order valence-electron chi connectivity index (χ0n) is 10.7. The SMILES string of the molecule is NCc1cccc(NC(=O)CCN2CCNC2=O)c1. The molecule has 0 spiro atoms. The van der Waals surface area contributed by atoms with E-state index in [0.717, 1.165) is 11.3 Å². The summed E-state index contributed by atoms with van der Waals surface area (Å²) >= 11 is 0. The van der Waals surface area contributed by atoms with Gasteiger partial charge >= 0.3 is 6.03 Å². The molecule has 6 heteroatoms. The number of nitrogens with zero attached hydrogens (tertiary/aromatic N) is 1. The molecule has 0 aromatic heterocycles. The van der Waals surface area contributed by atoms with Crippen LogP contribution < -0.4 is 16.4 Å². The summed E-state index contributed by atoms with van der Waals surface area (Å²) in [4.78, 5) is 24.7. The number of urea groups is 1. The molecular weight excluding hydrogens is 244 g/mol. The number of carbonyl (C=O) groups excluding carboxylic acids is 2. The fraction of sp³-hybridized carbons (Fsp3) is 0.385. The van der Waals surface area contributed by atoms with E-state index < -0.39 is 0 Å². The summed E-state index contributed by atoms with van der Waals surface area (Å²) in [6.45, 7) is 2.19. The van der Waals surface area contributed by atoms with Gasteiger partial charge in [0.2, 0.25) is 5.91 Å². The van der Waals surface area contributed by atoms with Gasteiger partial charge in [0.25, 0.3) is 0 Å². The number of nitrogens with two attached hydrogens (primary N) is 1. The number of anilines is 1. The minimum Gasteiger partial charge on any atom is -0.336 e. The van der Waals surface area contributed by atoms with Crippen LogP contribution in [-0.4, -0.2) is 36.5 Å². The summed E-state index contributed by atoms with van der Waals surface area (Å²) in [5, 5.41) is 5.50. The lowest BCUT2D eigenvalue weighted by atomic mass is 10.2. The van der Waals surface area contributed by atoms with Crippen molar-refractivity contribution < 1.29 is 9.59 Å². The highest BCUT2D eigenvalue weighted by atomic mass is 16.2. The molecule has 1 aliphatic rings. The Bertz CT molecular complexity index is 475. The lowest BCUT2D eigenvalue weighted by molar-refractivity contribution is -0.116. The third-order valence-electron chi connectivity index (χ3n) is 3.00. The Kier molecular flexibility index (Phi) is 4.35. The third-order valence-corrected chi connectivity index (χ3v) is 3.00. The van der Waals surface area contributed by atoms with Crippen LogP contribution in [0.2, 0.25) is 0 Å². The van der Waals surface area contributed by atoms with Crippen LogP contribution in [0.5, 0.6) is 0 Å². The molecule has 1 aromatic rings. The summed E-state index contributed by atoms with van der Waals surface area (Å²) in [7, 11) is 0. The van der Waals surface area contributed by atoms with E-state index in [2.05, 4.69) is 10.6 Å². The van der Waals surface area contributed by atoms with E-state index in [4.69, 9.17) is 5.73 Å². The standard InChI is InChI=1S/C13H18N4O2/c14-9-10-2-1-3-11(8-10)16-12(18)4-6-17-7-5-15-13(17)19/h1-3,8H,4-7,9,14H2,(H,15,19)(H,16,18). The fourth-order valence-electron chi connectivity index (χ4n) is 1.96. The van der Waals surface area contributed by atoms with Crippen LogP contribution in [0.4, 0.5) is 10.5 Å². The molecule has 1 aromatic carbocycles. The Morgan fingerprint density at radius 3 is 3.00 bits per heavy atom. The van der Waals surface area contributed by atoms with Gasteiger partial charge in [0.1, 0.15) is 0 Å². The van der Waals surface area contributed by atoms with Gasteiger partial charge in [-0.25, -0.2) is 4.79 Å². The van der Waals surface area contributed by atoms with Gasteiger partial charge in [0.05, 0.1) is 0 Å². The number of benzene rings is 1. The molecule has 0 saturated carbocycles. The Morgan fingerprint density at radius 2 is 2.32 bits per heavy atom. The highest BCUT2D eigenvalue weighted by Gasteiger charge is 2.19. The van der Waals surface area contributed by atoms with Crippen molar-refractivity contribution in [2.45, 2.75) is 13.0 Å². The molecule has 0 unspecified atom stereocenters. The van der Waals surface area contributed by atoms with Crippen LogP contribution in [0.25, 0.3) is 0 Å². The summed E-state index contributed by atoms with van der Waals surface area (Å²) < 4.78 is 0. The number of rotatable bonds is 5. The topological polar surface area (TPSA) is 87.5 Å². The molecule has 0 bridgehead atoms. The highest BCUT2D eigenvalue weighted by molar-refractivity contribution is 5.91. The molecule has 0 radical (unpaired) electrons. The van der Waals surface area contributed by atoms with Gasteiger partial charge < -0.3 is 21.3 Å². The molecule has 0 atom stereocenters. The van der Waals surface area contributed by atoms with Gasteiger partial charge in [0.15, 0.2) is 0 Å². The minimum atomic E-state index is -0.103. The van der Waals surface area contributed by atoms with E-state index >= 15 is 0 Å². The lowest BCUT2D eigenvalue weighted by Gasteiger charge is -2.13. The average Bonchev–Trinajstić information content (AvgIpc) is 2.82. The number of hydrogen-bond acceptors (Lipinski definition) is 3. The van der Waals surface area contributed by atoms with E-state index in [1.54, 1.807) is 4.90 Å². The molecule has 1 fully saturated rings. The predicted octanol–water partition coefficient (Wildman–Crippen LogP) is 0.499. The molecule has 3 amide bonds. The van der Waals surface area contributed by atoms with Crippen molar-refractivity contribution >= 4 is 17.6 Å². The van der Waals surface area contributed by atoms with Gasteiger partial charge in [-0.15, -0.1) is 0 Å². The van der Waals surface area contributed by atoms with Gasteiger partial charge in [-0.3, -0.25) is 4.79 Å². The maximum Gasteiger partial charge on any atom is 0.317 e. The molecule has 19 heavy (non-hydrogen) atoms. The first kappa shape index (κ1) is 13.4. The summed E-state index contributed by atoms with van der Waals surface area (Å²) in [5.74, 6) is -0.103. The quantitative estimate of drug-likeness (QED) is 0.722. The van der Waals surface area contributed by atoms with Gasteiger partial charge in [-0.1, -0.05) is 12.1 Å². The summed E-state index contributed by atoms with van der Waals surface area (Å²) in [5.41, 5.74) is 7.25. The van der Waals surface area contributed by atoms with Gasteiger partial charge in [0, 0.05) is 38.3 Å². The largest absolute Gasteiger partial charge is 0.336 e. The minimum absolute atomic E-state index is 0.0991. The molecule has 1 saturated heterocycles. The second kappa shape index (κ2) is 6.19. The molecule has 6 nitrogen and oxygen atoms in total. The summed E-state index contributed by atoms with van der Waals surface area (Å²) in [6.07, 6.45) is 0.292. The Labute approximate surface area is 112 Å². The van der Waals surface area contributed by atoms with Crippen molar-refractivity contribution in [1.29, 1.82) is 0 Å². The van der Waals surface area contributed by atoms with Crippen LogP contribution in [0.15, 0.2) is 24.3 Å². The zero-order valence-corrected chi connectivity index (χ0v) is 10.7. The Morgan fingerprint density at radius 1 is 1.47 bits per heavy atom. The molecule has 1 heterocycles. The molecule has 0 aliphatic carbocycles. The lowest BCUT2D eigenvalue weighted by Crippen LogP contribution is -2.31. The van der Waals surface area contributed by atoms with Crippen molar-refractivity contribution in [3.05, 3.63) is 29.8 Å². The number of carbonyl (C=O) groups is 2. The van der Waals surface area contributed by atoms with Crippen molar-refractivity contribution in [2.24, 2.45) is 5.73 Å². The second-order valence-corrected chi connectivity index (χ2v) is 4.42. The average molecular weight is 262 g/mol. The zero-order chi connectivity index (χ0) is 13.7. The van der Waals surface area contributed by atoms with Crippen LogP contribution in [0.1, 0.15) is 12.0 Å². The van der Waals surface area contributed by atoms with E-state index in [1.807, 2.05) is 24.3 Å². The number of amides is 3. The maximum absolute atomic E-state index is 11.8. The van der Waals surface area contributed by atoms with Crippen LogP contribution in [-0.2, 0) is 11.3 Å². The van der Waals surface area contributed by atoms with Crippen LogP contribution in [0, 0.1) is 0 Å². The molecule has 1 aliphatic heterocycles. The first-order valence-electron chi connectivity index (χ1n) is 6.30. The molecular formula is C13H18N4O2. The first-order chi connectivity index (χ1) is 9.19. The Hall–Kier alpha value is -2.08. The van der Waals surface area contributed by atoms with Crippen molar-refractivity contribution in [1.82, 2.24) is 10.2 Å². The predicted molar refractivity (Wildman–Crippen MR) is 72.6 cm³/mol. The monoisotopic (exact) mass is 262 g/mol. The second-order valence-electron chi connectivity index (χ2n) is 4.42. The fourth-order valence-corrected chi connectivity index (χ4v) is 1.96. The van der Waals surface area contributed by atoms with Crippen molar-refractivity contribution in [3.8, 4) is 0 Å². The molecule has 102 valence electrons. The highest BCUT2D eigenvalue weighted by Crippen LogP contribution is 2.10. The van der Waals surface area contributed by atoms with Crippen LogP contribution in [0.3, 0.4) is 0 Å². The van der Waals surface area contributed by atoms with Crippen molar-refractivity contribution in [3.63, 3.8) is 0 Å². The van der Waals surface area contributed by atoms with E-state index in [0.29, 0.717) is 32.6 Å². The molecule has 4 N–H and O–H groups in total.